The number of aromatic hydroxyl groups is 1. The number of methoxy groups -OCH3 is 2. The van der Waals surface area contributed by atoms with Crippen molar-refractivity contribution in [2.45, 2.75) is 38.8 Å². The van der Waals surface area contributed by atoms with Crippen molar-refractivity contribution in [1.82, 2.24) is 5.32 Å². The van der Waals surface area contributed by atoms with E-state index in [4.69, 9.17) is 14.2 Å². The minimum absolute atomic E-state index is 0.173. The second kappa shape index (κ2) is 7.76. The number of alkyl carbamates (subject to hydrolysis) is 1. The summed E-state index contributed by atoms with van der Waals surface area (Å²) in [5.74, 6) is -1.06. The zero-order chi connectivity index (χ0) is 18.5. The zero-order valence-corrected chi connectivity index (χ0v) is 14.4. The van der Waals surface area contributed by atoms with Gasteiger partial charge in [0.25, 0.3) is 0 Å². The van der Waals surface area contributed by atoms with Crippen molar-refractivity contribution in [3.8, 4) is 17.2 Å². The summed E-state index contributed by atoms with van der Waals surface area (Å²) in [6.45, 7) is 5.00. The first-order valence-corrected chi connectivity index (χ1v) is 7.24. The summed E-state index contributed by atoms with van der Waals surface area (Å²) >= 11 is 0. The van der Waals surface area contributed by atoms with E-state index in [0.717, 1.165) is 0 Å². The number of carboxylic acid groups (broad SMARTS) is 1. The molecule has 3 N–H and O–H groups in total. The Hall–Kier alpha value is -2.64. The summed E-state index contributed by atoms with van der Waals surface area (Å²) in [5.41, 5.74) is -0.552. The van der Waals surface area contributed by atoms with Gasteiger partial charge in [0, 0.05) is 12.0 Å². The summed E-state index contributed by atoms with van der Waals surface area (Å²) in [4.78, 5) is 23.3. The van der Waals surface area contributed by atoms with Gasteiger partial charge in [-0.1, -0.05) is 0 Å². The van der Waals surface area contributed by atoms with E-state index in [1.54, 1.807) is 26.8 Å². The molecule has 1 aromatic rings. The normalized spacial score (nSPS) is 12.2. The molecule has 0 saturated heterocycles. The van der Waals surface area contributed by atoms with Gasteiger partial charge >= 0.3 is 12.1 Å². The van der Waals surface area contributed by atoms with Crippen LogP contribution in [-0.4, -0.2) is 48.1 Å². The van der Waals surface area contributed by atoms with Crippen LogP contribution in [0.15, 0.2) is 12.1 Å². The van der Waals surface area contributed by atoms with E-state index < -0.39 is 23.7 Å². The first-order chi connectivity index (χ1) is 11.1. The lowest BCUT2D eigenvalue weighted by molar-refractivity contribution is -0.139. The van der Waals surface area contributed by atoms with Crippen molar-refractivity contribution >= 4 is 12.1 Å². The molecule has 0 spiro atoms. The Morgan fingerprint density at radius 2 is 1.71 bits per heavy atom. The van der Waals surface area contributed by atoms with Crippen molar-refractivity contribution in [3.05, 3.63) is 17.7 Å². The molecule has 0 aromatic heterocycles. The van der Waals surface area contributed by atoms with E-state index in [-0.39, 0.29) is 29.2 Å². The molecule has 0 bridgehead atoms. The average molecular weight is 341 g/mol. The number of ether oxygens (including phenoxy) is 3. The number of hydrogen-bond acceptors (Lipinski definition) is 6. The number of benzene rings is 1. The van der Waals surface area contributed by atoms with Gasteiger partial charge in [0.2, 0.25) is 0 Å². The Kier molecular flexibility index (Phi) is 6.27. The van der Waals surface area contributed by atoms with Gasteiger partial charge in [-0.05, 0) is 32.9 Å². The molecule has 134 valence electrons. The van der Waals surface area contributed by atoms with E-state index >= 15 is 0 Å². The first kappa shape index (κ1) is 19.4. The standard InChI is InChI=1S/C16H23NO7/c1-16(2,3)24-15(21)17-10(14(19)20)8-9-11(22-4)6-7-12(23-5)13(9)18/h6-7,10,18H,8H2,1-5H3,(H,17,21)(H,19,20). The first-order valence-electron chi connectivity index (χ1n) is 7.24. The summed E-state index contributed by atoms with van der Waals surface area (Å²) < 4.78 is 15.2. The van der Waals surface area contributed by atoms with Crippen molar-refractivity contribution in [2.24, 2.45) is 0 Å². The number of carboxylic acids is 1. The number of amides is 1. The second-order valence-corrected chi connectivity index (χ2v) is 6.04. The smallest absolute Gasteiger partial charge is 0.408 e. The molecule has 0 fully saturated rings. The van der Waals surface area contributed by atoms with E-state index in [9.17, 15) is 19.8 Å². The van der Waals surface area contributed by atoms with Gasteiger partial charge in [-0.3, -0.25) is 0 Å². The van der Waals surface area contributed by atoms with E-state index in [1.165, 1.54) is 20.3 Å². The number of aliphatic carboxylic acids is 1. The molecule has 24 heavy (non-hydrogen) atoms. The quantitative estimate of drug-likeness (QED) is 0.724. The third-order valence-electron chi connectivity index (χ3n) is 3.04. The molecule has 0 heterocycles. The fourth-order valence-electron chi connectivity index (χ4n) is 2.00. The molecule has 1 unspecified atom stereocenters. The van der Waals surface area contributed by atoms with Gasteiger partial charge in [-0.25, -0.2) is 9.59 Å². The van der Waals surface area contributed by atoms with Crippen molar-refractivity contribution < 1.29 is 34.0 Å². The fraction of sp³-hybridized carbons (Fsp3) is 0.500. The molecule has 1 aromatic carbocycles. The lowest BCUT2D eigenvalue weighted by atomic mass is 10.0. The second-order valence-electron chi connectivity index (χ2n) is 6.04. The summed E-state index contributed by atoms with van der Waals surface area (Å²) in [7, 11) is 2.76. The molecule has 0 saturated carbocycles. The molecule has 0 aliphatic heterocycles. The van der Waals surface area contributed by atoms with Crippen LogP contribution in [0.3, 0.4) is 0 Å². The lowest BCUT2D eigenvalue weighted by Gasteiger charge is -2.22. The Labute approximate surface area is 140 Å². The monoisotopic (exact) mass is 341 g/mol. The Bertz CT molecular complexity index is 607. The molecule has 8 heteroatoms. The number of rotatable bonds is 6. The van der Waals surface area contributed by atoms with E-state index in [0.29, 0.717) is 0 Å². The number of nitrogens with one attached hydrogen (secondary N) is 1. The minimum Gasteiger partial charge on any atom is -0.504 e. The van der Waals surface area contributed by atoms with Gasteiger partial charge in [0.05, 0.1) is 14.2 Å². The predicted octanol–water partition coefficient (Wildman–Crippen LogP) is 1.93. The van der Waals surface area contributed by atoms with E-state index in [1.807, 2.05) is 0 Å². The molecular weight excluding hydrogens is 318 g/mol. The highest BCUT2D eigenvalue weighted by Gasteiger charge is 2.27. The average Bonchev–Trinajstić information content (AvgIpc) is 2.46. The molecule has 0 aliphatic rings. The predicted molar refractivity (Wildman–Crippen MR) is 85.7 cm³/mol. The highest BCUT2D eigenvalue weighted by Crippen LogP contribution is 2.37. The summed E-state index contributed by atoms with van der Waals surface area (Å²) in [6, 6.07) is 1.72. The Morgan fingerprint density at radius 1 is 1.17 bits per heavy atom. The van der Waals surface area contributed by atoms with Crippen LogP contribution in [0.5, 0.6) is 17.2 Å². The SMILES string of the molecule is COc1ccc(OC)c(CC(NC(=O)OC(C)(C)C)C(=O)O)c1O. The molecule has 0 aliphatic carbocycles. The van der Waals surface area contributed by atoms with Crippen LogP contribution in [-0.2, 0) is 16.0 Å². The maximum Gasteiger partial charge on any atom is 0.408 e. The van der Waals surface area contributed by atoms with Crippen LogP contribution in [0, 0.1) is 0 Å². The van der Waals surface area contributed by atoms with Crippen LogP contribution in [0.4, 0.5) is 4.79 Å². The molecule has 1 amide bonds. The van der Waals surface area contributed by atoms with Crippen molar-refractivity contribution in [3.63, 3.8) is 0 Å². The minimum atomic E-state index is -1.31. The van der Waals surface area contributed by atoms with Gasteiger partial charge < -0.3 is 29.7 Å². The maximum atomic E-state index is 11.8. The number of phenolic OH excluding ortho intramolecular Hbond substituents is 1. The lowest BCUT2D eigenvalue weighted by Crippen LogP contribution is -2.44. The summed E-state index contributed by atoms with van der Waals surface area (Å²) in [6.07, 6.45) is -1.07. The Balaban J connectivity index is 3.05. The van der Waals surface area contributed by atoms with Gasteiger partial charge in [-0.15, -0.1) is 0 Å². The molecule has 8 nitrogen and oxygen atoms in total. The van der Waals surface area contributed by atoms with Crippen molar-refractivity contribution in [2.75, 3.05) is 14.2 Å². The molecule has 1 atom stereocenters. The van der Waals surface area contributed by atoms with Crippen LogP contribution >= 0.6 is 0 Å². The fourth-order valence-corrected chi connectivity index (χ4v) is 2.00. The van der Waals surface area contributed by atoms with Crippen LogP contribution in [0.25, 0.3) is 0 Å². The molecular formula is C16H23NO7. The van der Waals surface area contributed by atoms with Crippen LogP contribution < -0.4 is 14.8 Å². The van der Waals surface area contributed by atoms with Crippen LogP contribution in [0.2, 0.25) is 0 Å². The third kappa shape index (κ3) is 5.22. The van der Waals surface area contributed by atoms with Gasteiger partial charge in [-0.2, -0.15) is 0 Å². The number of hydrogen-bond donors (Lipinski definition) is 3. The number of carbonyl (C=O) groups excluding carboxylic acids is 1. The highest BCUT2D eigenvalue weighted by atomic mass is 16.6. The van der Waals surface area contributed by atoms with Gasteiger partial charge in [0.1, 0.15) is 17.4 Å². The maximum absolute atomic E-state index is 11.8. The van der Waals surface area contributed by atoms with E-state index in [2.05, 4.69) is 5.32 Å². The molecule has 0 radical (unpaired) electrons. The largest absolute Gasteiger partial charge is 0.504 e. The zero-order valence-electron chi connectivity index (χ0n) is 14.4. The topological polar surface area (TPSA) is 114 Å². The van der Waals surface area contributed by atoms with Gasteiger partial charge in [0.15, 0.2) is 11.5 Å². The van der Waals surface area contributed by atoms with Crippen LogP contribution in [0.1, 0.15) is 26.3 Å². The Morgan fingerprint density at radius 3 is 2.17 bits per heavy atom. The van der Waals surface area contributed by atoms with Crippen molar-refractivity contribution in [1.29, 1.82) is 0 Å². The third-order valence-corrected chi connectivity index (χ3v) is 3.04. The number of phenols is 1. The highest BCUT2D eigenvalue weighted by molar-refractivity contribution is 5.80. The number of carbonyl (C=O) groups is 2. The summed E-state index contributed by atoms with van der Waals surface area (Å²) in [5, 5.41) is 21.8. The molecule has 1 rings (SSSR count).